The van der Waals surface area contributed by atoms with Crippen LogP contribution in [0.25, 0.3) is 0 Å². The maximum Gasteiger partial charge on any atom is 0.193 e. The fourth-order valence-corrected chi connectivity index (χ4v) is 3.02. The van der Waals surface area contributed by atoms with Crippen LogP contribution < -0.4 is 14.8 Å². The second-order valence-corrected chi connectivity index (χ2v) is 7.44. The molecule has 0 bridgehead atoms. The summed E-state index contributed by atoms with van der Waals surface area (Å²) in [4.78, 5) is 6.54. The molecule has 172 valence electrons. The summed E-state index contributed by atoms with van der Waals surface area (Å²) in [6.45, 7) is 6.29. The van der Waals surface area contributed by atoms with Gasteiger partial charge in [0.25, 0.3) is 0 Å². The molecule has 0 aliphatic carbocycles. The second kappa shape index (κ2) is 14.1. The van der Waals surface area contributed by atoms with Gasteiger partial charge in [-0.3, -0.25) is 4.99 Å². The number of benzene rings is 2. The molecule has 0 unspecified atom stereocenters. The van der Waals surface area contributed by atoms with Crippen LogP contribution in [-0.2, 0) is 24.3 Å². The van der Waals surface area contributed by atoms with E-state index in [2.05, 4.69) is 45.5 Å². The van der Waals surface area contributed by atoms with E-state index in [4.69, 9.17) is 14.2 Å². The van der Waals surface area contributed by atoms with Gasteiger partial charge in [-0.15, -0.1) is 24.0 Å². The SMILES string of the molecule is CN=C(NCc1ccc(COC(C)C)cc1)N(C)CCc1ccc(OC)c(OC)c1.I. The standard InChI is InChI=1S/C24H35N3O3.HI/c1-18(2)30-17-21-9-7-20(8-10-21)16-26-24(25-3)27(4)14-13-19-11-12-22(28-5)23(15-19)29-6;/h7-12,15,18H,13-14,16-17H2,1-6H3,(H,25,26);1H. The quantitative estimate of drug-likeness (QED) is 0.273. The molecule has 0 radical (unpaired) electrons. The van der Waals surface area contributed by atoms with E-state index in [1.54, 1.807) is 14.2 Å². The molecular weight excluding hydrogens is 505 g/mol. The number of nitrogens with one attached hydrogen (secondary N) is 1. The molecule has 0 aliphatic heterocycles. The third-order valence-electron chi connectivity index (χ3n) is 4.81. The Labute approximate surface area is 204 Å². The highest BCUT2D eigenvalue weighted by Crippen LogP contribution is 2.27. The lowest BCUT2D eigenvalue weighted by atomic mass is 10.1. The van der Waals surface area contributed by atoms with E-state index in [-0.39, 0.29) is 30.1 Å². The van der Waals surface area contributed by atoms with Crippen molar-refractivity contribution in [1.29, 1.82) is 0 Å². The summed E-state index contributed by atoms with van der Waals surface area (Å²) in [6.07, 6.45) is 1.12. The Morgan fingerprint density at radius 3 is 2.16 bits per heavy atom. The first-order valence-electron chi connectivity index (χ1n) is 10.3. The van der Waals surface area contributed by atoms with Gasteiger partial charge in [-0.1, -0.05) is 30.3 Å². The van der Waals surface area contributed by atoms with Gasteiger partial charge in [0, 0.05) is 27.2 Å². The zero-order valence-electron chi connectivity index (χ0n) is 19.5. The first kappa shape index (κ1) is 27.0. The second-order valence-electron chi connectivity index (χ2n) is 7.44. The van der Waals surface area contributed by atoms with Crippen molar-refractivity contribution < 1.29 is 14.2 Å². The number of guanidine groups is 1. The Morgan fingerprint density at radius 1 is 0.968 bits per heavy atom. The van der Waals surface area contributed by atoms with Gasteiger partial charge in [0.05, 0.1) is 26.9 Å². The molecule has 6 nitrogen and oxygen atoms in total. The molecule has 0 spiro atoms. The maximum absolute atomic E-state index is 5.65. The van der Waals surface area contributed by atoms with Crippen molar-refractivity contribution in [3.05, 3.63) is 59.2 Å². The highest BCUT2D eigenvalue weighted by atomic mass is 127. The molecule has 0 aromatic heterocycles. The fraction of sp³-hybridized carbons (Fsp3) is 0.458. The number of ether oxygens (including phenoxy) is 3. The van der Waals surface area contributed by atoms with Crippen molar-refractivity contribution >= 4 is 29.9 Å². The van der Waals surface area contributed by atoms with Crippen LogP contribution in [0.15, 0.2) is 47.5 Å². The van der Waals surface area contributed by atoms with Gasteiger partial charge in [-0.05, 0) is 49.1 Å². The number of hydrogen-bond acceptors (Lipinski definition) is 4. The van der Waals surface area contributed by atoms with Crippen LogP contribution in [0.4, 0.5) is 0 Å². The molecular formula is C24H36IN3O3. The van der Waals surface area contributed by atoms with Crippen LogP contribution in [0.3, 0.4) is 0 Å². The van der Waals surface area contributed by atoms with Crippen LogP contribution in [0, 0.1) is 0 Å². The summed E-state index contributed by atoms with van der Waals surface area (Å²) in [6, 6.07) is 14.5. The average molecular weight is 541 g/mol. The number of methoxy groups -OCH3 is 2. The van der Waals surface area contributed by atoms with E-state index in [0.717, 1.165) is 37.0 Å². The molecule has 2 aromatic rings. The van der Waals surface area contributed by atoms with Crippen molar-refractivity contribution in [1.82, 2.24) is 10.2 Å². The lowest BCUT2D eigenvalue weighted by molar-refractivity contribution is 0.0657. The van der Waals surface area contributed by atoms with Crippen LogP contribution >= 0.6 is 24.0 Å². The Morgan fingerprint density at radius 2 is 1.58 bits per heavy atom. The van der Waals surface area contributed by atoms with E-state index in [1.807, 2.05) is 40.1 Å². The molecule has 1 N–H and O–H groups in total. The third kappa shape index (κ3) is 8.95. The lowest BCUT2D eigenvalue weighted by Gasteiger charge is -2.22. The van der Waals surface area contributed by atoms with E-state index in [0.29, 0.717) is 6.61 Å². The van der Waals surface area contributed by atoms with Crippen LogP contribution in [0.2, 0.25) is 0 Å². The third-order valence-corrected chi connectivity index (χ3v) is 4.81. The topological polar surface area (TPSA) is 55.3 Å². The van der Waals surface area contributed by atoms with Crippen molar-refractivity contribution in [2.24, 2.45) is 4.99 Å². The van der Waals surface area contributed by atoms with E-state index < -0.39 is 0 Å². The van der Waals surface area contributed by atoms with Gasteiger partial charge in [-0.2, -0.15) is 0 Å². The Bertz CT molecular complexity index is 810. The van der Waals surface area contributed by atoms with E-state index in [1.165, 1.54) is 16.7 Å². The Balaban J connectivity index is 0.00000480. The molecule has 7 heteroatoms. The maximum atomic E-state index is 5.65. The number of likely N-dealkylation sites (N-methyl/N-ethyl adjacent to an activating group) is 1. The van der Waals surface area contributed by atoms with Gasteiger partial charge in [0.15, 0.2) is 17.5 Å². The van der Waals surface area contributed by atoms with Crippen molar-refractivity contribution in [3.8, 4) is 11.5 Å². The smallest absolute Gasteiger partial charge is 0.193 e. The van der Waals surface area contributed by atoms with Gasteiger partial charge in [0.2, 0.25) is 0 Å². The number of hydrogen-bond donors (Lipinski definition) is 1. The van der Waals surface area contributed by atoms with Crippen LogP contribution in [0.1, 0.15) is 30.5 Å². The minimum atomic E-state index is 0. The van der Waals surface area contributed by atoms with Gasteiger partial charge in [0.1, 0.15) is 0 Å². The summed E-state index contributed by atoms with van der Waals surface area (Å²) in [5.41, 5.74) is 3.58. The first-order valence-corrected chi connectivity index (χ1v) is 10.3. The molecule has 0 saturated carbocycles. The zero-order chi connectivity index (χ0) is 21.9. The molecule has 0 amide bonds. The zero-order valence-corrected chi connectivity index (χ0v) is 21.8. The largest absolute Gasteiger partial charge is 0.493 e. The van der Waals surface area contributed by atoms with Crippen molar-refractivity contribution in [2.45, 2.75) is 39.5 Å². The van der Waals surface area contributed by atoms with Crippen molar-refractivity contribution in [2.75, 3.05) is 34.9 Å². The number of halogens is 1. The monoisotopic (exact) mass is 541 g/mol. The van der Waals surface area contributed by atoms with Crippen LogP contribution in [0.5, 0.6) is 11.5 Å². The van der Waals surface area contributed by atoms with Gasteiger partial charge >= 0.3 is 0 Å². The molecule has 0 atom stereocenters. The fourth-order valence-electron chi connectivity index (χ4n) is 3.02. The molecule has 2 rings (SSSR count). The average Bonchev–Trinajstić information content (AvgIpc) is 2.77. The Kier molecular flexibility index (Phi) is 12.3. The Hall–Kier alpha value is -2.00. The number of aliphatic imine (C=N–C) groups is 1. The predicted octanol–water partition coefficient (Wildman–Crippen LogP) is 4.50. The van der Waals surface area contributed by atoms with Gasteiger partial charge < -0.3 is 24.4 Å². The molecule has 0 saturated heterocycles. The molecule has 0 fully saturated rings. The van der Waals surface area contributed by atoms with E-state index >= 15 is 0 Å². The molecule has 0 heterocycles. The number of nitrogens with zero attached hydrogens (tertiary/aromatic N) is 2. The summed E-state index contributed by atoms with van der Waals surface area (Å²) in [7, 11) is 7.15. The minimum absolute atomic E-state index is 0. The predicted molar refractivity (Wildman–Crippen MR) is 138 cm³/mol. The normalized spacial score (nSPS) is 11.1. The highest BCUT2D eigenvalue weighted by Gasteiger charge is 2.09. The van der Waals surface area contributed by atoms with Gasteiger partial charge in [-0.25, -0.2) is 0 Å². The lowest BCUT2D eigenvalue weighted by Crippen LogP contribution is -2.39. The highest BCUT2D eigenvalue weighted by molar-refractivity contribution is 14.0. The summed E-state index contributed by atoms with van der Waals surface area (Å²) in [5.74, 6) is 2.36. The first-order chi connectivity index (χ1) is 14.5. The summed E-state index contributed by atoms with van der Waals surface area (Å²) in [5, 5.41) is 3.43. The van der Waals surface area contributed by atoms with Crippen molar-refractivity contribution in [3.63, 3.8) is 0 Å². The molecule has 0 aliphatic rings. The molecule has 2 aromatic carbocycles. The summed E-state index contributed by atoms with van der Waals surface area (Å²) < 4.78 is 16.3. The molecule has 31 heavy (non-hydrogen) atoms. The van der Waals surface area contributed by atoms with E-state index in [9.17, 15) is 0 Å². The summed E-state index contributed by atoms with van der Waals surface area (Å²) >= 11 is 0. The number of rotatable bonds is 10. The van der Waals surface area contributed by atoms with Crippen LogP contribution in [-0.4, -0.2) is 51.8 Å². The minimum Gasteiger partial charge on any atom is -0.493 e.